The molecule has 0 bridgehead atoms. The van der Waals surface area contributed by atoms with Crippen LogP contribution in [0.3, 0.4) is 0 Å². The van der Waals surface area contributed by atoms with Crippen LogP contribution in [0.25, 0.3) is 31.6 Å². The van der Waals surface area contributed by atoms with Gasteiger partial charge in [0.25, 0.3) is 5.91 Å². The van der Waals surface area contributed by atoms with Gasteiger partial charge in [0.2, 0.25) is 0 Å². The van der Waals surface area contributed by atoms with Gasteiger partial charge >= 0.3 is 5.97 Å². The normalized spacial score (nSPS) is 12.0. The molecule has 5 aromatic rings. The molecule has 0 saturated carbocycles. The van der Waals surface area contributed by atoms with E-state index in [0.29, 0.717) is 17.7 Å². The zero-order chi connectivity index (χ0) is 25.2. The van der Waals surface area contributed by atoms with Crippen molar-refractivity contribution >= 4 is 49.9 Å². The van der Waals surface area contributed by atoms with Gasteiger partial charge in [-0.2, -0.15) is 0 Å². The van der Waals surface area contributed by atoms with Crippen LogP contribution in [-0.2, 0) is 9.53 Å². The van der Waals surface area contributed by atoms with Crippen LogP contribution in [0.1, 0.15) is 34.8 Å². The fraction of sp³-hybridized carbons (Fsp3) is 0.167. The molecule has 5 rings (SSSR count). The summed E-state index contributed by atoms with van der Waals surface area (Å²) in [6, 6.07) is 25.1. The van der Waals surface area contributed by atoms with Crippen LogP contribution >= 0.6 is 11.3 Å². The quantitative estimate of drug-likeness (QED) is 0.251. The lowest BCUT2D eigenvalue weighted by molar-refractivity contribution is -0.124. The number of aryl methyl sites for hydroxylation is 2. The Balaban J connectivity index is 1.46. The van der Waals surface area contributed by atoms with Gasteiger partial charge in [-0.05, 0) is 67.1 Å². The Kier molecular flexibility index (Phi) is 6.53. The van der Waals surface area contributed by atoms with Crippen LogP contribution in [0.4, 0.5) is 5.69 Å². The number of fused-ring (bicyclic) bond motifs is 2. The summed E-state index contributed by atoms with van der Waals surface area (Å²) in [5.41, 5.74) is 5.11. The van der Waals surface area contributed by atoms with Crippen molar-refractivity contribution in [1.82, 2.24) is 4.98 Å². The fourth-order valence-electron chi connectivity index (χ4n) is 4.23. The van der Waals surface area contributed by atoms with Gasteiger partial charge in [-0.25, -0.2) is 9.78 Å². The topological polar surface area (TPSA) is 68.3 Å². The number of hydrogen-bond donors (Lipinski definition) is 1. The van der Waals surface area contributed by atoms with Gasteiger partial charge in [-0.1, -0.05) is 55.5 Å². The highest BCUT2D eigenvalue weighted by atomic mass is 32.1. The van der Waals surface area contributed by atoms with Crippen LogP contribution in [-0.4, -0.2) is 23.0 Å². The van der Waals surface area contributed by atoms with E-state index in [-0.39, 0.29) is 5.91 Å². The van der Waals surface area contributed by atoms with E-state index in [2.05, 4.69) is 5.32 Å². The van der Waals surface area contributed by atoms with Crippen molar-refractivity contribution < 1.29 is 14.3 Å². The van der Waals surface area contributed by atoms with Crippen molar-refractivity contribution in [2.45, 2.75) is 33.3 Å². The first-order valence-electron chi connectivity index (χ1n) is 11.9. The molecule has 6 heteroatoms. The number of esters is 1. The number of amides is 1. The monoisotopic (exact) mass is 494 g/mol. The minimum atomic E-state index is -0.913. The number of nitrogens with zero attached hydrogens (tertiary/aromatic N) is 1. The van der Waals surface area contributed by atoms with Crippen molar-refractivity contribution in [3.05, 3.63) is 95.6 Å². The molecule has 0 spiro atoms. The van der Waals surface area contributed by atoms with Gasteiger partial charge in [0.1, 0.15) is 5.01 Å². The maximum atomic E-state index is 13.4. The summed E-state index contributed by atoms with van der Waals surface area (Å²) in [5, 5.41) is 5.40. The molecule has 1 aromatic heterocycles. The fourth-order valence-corrected chi connectivity index (χ4v) is 5.23. The zero-order valence-corrected chi connectivity index (χ0v) is 21.2. The van der Waals surface area contributed by atoms with Crippen molar-refractivity contribution in [3.63, 3.8) is 0 Å². The van der Waals surface area contributed by atoms with Gasteiger partial charge in [-0.3, -0.25) is 4.79 Å². The number of benzene rings is 4. The number of thiazole rings is 1. The first-order valence-corrected chi connectivity index (χ1v) is 12.7. The average Bonchev–Trinajstić information content (AvgIpc) is 3.32. The standard InChI is InChI=1S/C30H26N2O3S/c1-4-25(28(33)31-21-16-15-18(2)19(3)17-21)35-30(34)23-12-8-10-20-9-7-11-22(27(20)23)29-32-24-13-5-6-14-26(24)36-29/h5-17,25H,4H2,1-3H3,(H,31,33). The molecule has 0 saturated heterocycles. The average molecular weight is 495 g/mol. The van der Waals surface area contributed by atoms with Crippen molar-refractivity contribution in [1.29, 1.82) is 0 Å². The Morgan fingerprint density at radius 3 is 2.47 bits per heavy atom. The van der Waals surface area contributed by atoms with Gasteiger partial charge < -0.3 is 10.1 Å². The highest BCUT2D eigenvalue weighted by molar-refractivity contribution is 7.21. The molecule has 1 N–H and O–H groups in total. The number of ether oxygens (including phenoxy) is 1. The van der Waals surface area contributed by atoms with Crippen LogP contribution in [0.15, 0.2) is 78.9 Å². The minimum Gasteiger partial charge on any atom is -0.449 e. The molecule has 0 aliphatic carbocycles. The van der Waals surface area contributed by atoms with Crippen LogP contribution < -0.4 is 5.32 Å². The molecule has 0 aliphatic rings. The molecular weight excluding hydrogens is 468 g/mol. The van der Waals surface area contributed by atoms with Gasteiger partial charge in [-0.15, -0.1) is 11.3 Å². The Labute approximate surface area is 213 Å². The van der Waals surface area contributed by atoms with E-state index in [1.54, 1.807) is 17.4 Å². The third kappa shape index (κ3) is 4.60. The lowest BCUT2D eigenvalue weighted by atomic mass is 9.99. The number of hydrogen-bond acceptors (Lipinski definition) is 5. The number of aromatic nitrogens is 1. The summed E-state index contributed by atoms with van der Waals surface area (Å²) in [4.78, 5) is 31.2. The first-order chi connectivity index (χ1) is 17.4. The van der Waals surface area contributed by atoms with Crippen LogP contribution in [0.5, 0.6) is 0 Å². The highest BCUT2D eigenvalue weighted by Crippen LogP contribution is 2.36. The van der Waals surface area contributed by atoms with E-state index in [1.165, 1.54) is 0 Å². The summed E-state index contributed by atoms with van der Waals surface area (Å²) >= 11 is 1.58. The lowest BCUT2D eigenvalue weighted by Crippen LogP contribution is -2.32. The van der Waals surface area contributed by atoms with Gasteiger partial charge in [0.05, 0.1) is 15.8 Å². The summed E-state index contributed by atoms with van der Waals surface area (Å²) < 4.78 is 6.85. The smallest absolute Gasteiger partial charge is 0.339 e. The Hall–Kier alpha value is -4.03. The molecule has 0 radical (unpaired) electrons. The van der Waals surface area contributed by atoms with E-state index < -0.39 is 12.1 Å². The zero-order valence-electron chi connectivity index (χ0n) is 20.4. The third-order valence-electron chi connectivity index (χ3n) is 6.34. The van der Waals surface area contributed by atoms with E-state index in [0.717, 1.165) is 42.7 Å². The molecule has 0 aliphatic heterocycles. The molecule has 5 nitrogen and oxygen atoms in total. The molecule has 4 aromatic carbocycles. The molecule has 1 atom stereocenters. The lowest BCUT2D eigenvalue weighted by Gasteiger charge is -2.18. The van der Waals surface area contributed by atoms with Crippen LogP contribution in [0.2, 0.25) is 0 Å². The van der Waals surface area contributed by atoms with E-state index in [1.807, 2.05) is 93.6 Å². The van der Waals surface area contributed by atoms with E-state index >= 15 is 0 Å². The van der Waals surface area contributed by atoms with Crippen molar-refractivity contribution in [2.24, 2.45) is 0 Å². The van der Waals surface area contributed by atoms with Gasteiger partial charge in [0.15, 0.2) is 6.10 Å². The number of carbonyl (C=O) groups is 2. The summed E-state index contributed by atoms with van der Waals surface area (Å²) in [6.45, 7) is 5.84. The SMILES string of the molecule is CCC(OC(=O)c1cccc2cccc(-c3nc4ccccc4s3)c12)C(=O)Nc1ccc(C)c(C)c1. The largest absolute Gasteiger partial charge is 0.449 e. The third-order valence-corrected chi connectivity index (χ3v) is 7.41. The van der Waals surface area contributed by atoms with Crippen molar-refractivity contribution in [2.75, 3.05) is 5.32 Å². The predicted molar refractivity (Wildman–Crippen MR) is 147 cm³/mol. The first kappa shape index (κ1) is 23.7. The maximum Gasteiger partial charge on any atom is 0.339 e. The summed E-state index contributed by atoms with van der Waals surface area (Å²) in [6.07, 6.45) is -0.554. The molecular formula is C30H26N2O3S. The molecule has 0 fully saturated rings. The maximum absolute atomic E-state index is 13.4. The molecule has 1 amide bonds. The Morgan fingerprint density at radius 1 is 0.944 bits per heavy atom. The number of nitrogens with one attached hydrogen (secondary N) is 1. The van der Waals surface area contributed by atoms with Crippen molar-refractivity contribution in [3.8, 4) is 10.6 Å². The Morgan fingerprint density at radius 2 is 1.72 bits per heavy atom. The van der Waals surface area contributed by atoms with Crippen LogP contribution in [0, 0.1) is 13.8 Å². The summed E-state index contributed by atoms with van der Waals surface area (Å²) in [7, 11) is 0. The number of rotatable bonds is 6. The molecule has 1 heterocycles. The molecule has 180 valence electrons. The summed E-state index contributed by atoms with van der Waals surface area (Å²) in [5.74, 6) is -0.878. The number of para-hydroxylation sites is 1. The molecule has 1 unspecified atom stereocenters. The molecule has 36 heavy (non-hydrogen) atoms. The highest BCUT2D eigenvalue weighted by Gasteiger charge is 2.24. The van der Waals surface area contributed by atoms with E-state index in [9.17, 15) is 9.59 Å². The second kappa shape index (κ2) is 9.91. The number of carbonyl (C=O) groups excluding carboxylic acids is 2. The second-order valence-corrected chi connectivity index (χ2v) is 9.82. The number of anilines is 1. The van der Waals surface area contributed by atoms with Gasteiger partial charge in [0, 0.05) is 16.6 Å². The minimum absolute atomic E-state index is 0.347. The predicted octanol–water partition coefficient (Wildman–Crippen LogP) is 7.31. The second-order valence-electron chi connectivity index (χ2n) is 8.79. The van der Waals surface area contributed by atoms with E-state index in [4.69, 9.17) is 9.72 Å². The Bertz CT molecular complexity index is 1570.